The van der Waals surface area contributed by atoms with Gasteiger partial charge in [-0.2, -0.15) is 0 Å². The van der Waals surface area contributed by atoms with Gasteiger partial charge in [0, 0.05) is 43.8 Å². The van der Waals surface area contributed by atoms with Crippen molar-refractivity contribution >= 4 is 54.6 Å². The van der Waals surface area contributed by atoms with Gasteiger partial charge in [-0.1, -0.05) is 115 Å². The molecule has 0 aliphatic heterocycles. The van der Waals surface area contributed by atoms with Crippen LogP contribution in [0.4, 0.5) is 0 Å². The smallest absolute Gasteiger partial charge is 0.164 e. The summed E-state index contributed by atoms with van der Waals surface area (Å²) < 4.78 is 13.0. The van der Waals surface area contributed by atoms with Gasteiger partial charge in [-0.15, -0.1) is 0 Å². The highest BCUT2D eigenvalue weighted by molar-refractivity contribution is 6.24. The van der Waals surface area contributed by atoms with E-state index in [9.17, 15) is 0 Å². The Morgan fingerprint density at radius 3 is 1.75 bits per heavy atom. The highest BCUT2D eigenvalue weighted by Gasteiger charge is 2.27. The van der Waals surface area contributed by atoms with E-state index < -0.39 is 0 Å². The third-order valence-corrected chi connectivity index (χ3v) is 9.68. The van der Waals surface area contributed by atoms with Crippen LogP contribution in [0.2, 0.25) is 0 Å². The fourth-order valence-electron chi connectivity index (χ4n) is 7.64. The molecular formula is C43H23N3O2. The molecule has 3 aromatic heterocycles. The van der Waals surface area contributed by atoms with Gasteiger partial charge < -0.3 is 8.83 Å². The second kappa shape index (κ2) is 9.47. The van der Waals surface area contributed by atoms with E-state index in [1.165, 1.54) is 27.5 Å². The summed E-state index contributed by atoms with van der Waals surface area (Å²) in [5.74, 6) is 1.78. The summed E-state index contributed by atoms with van der Waals surface area (Å²) in [7, 11) is 0. The molecule has 48 heavy (non-hydrogen) atoms. The average molecular weight is 614 g/mol. The first kappa shape index (κ1) is 25.6. The van der Waals surface area contributed by atoms with Crippen LogP contribution in [-0.2, 0) is 0 Å². The number of nitrogens with zero attached hydrogens (tertiary/aromatic N) is 3. The van der Waals surface area contributed by atoms with Crippen molar-refractivity contribution in [3.8, 4) is 56.4 Å². The molecule has 11 rings (SSSR count). The van der Waals surface area contributed by atoms with E-state index in [2.05, 4.69) is 66.7 Å². The van der Waals surface area contributed by atoms with Gasteiger partial charge in [0.1, 0.15) is 22.3 Å². The molecule has 0 fully saturated rings. The van der Waals surface area contributed by atoms with Crippen molar-refractivity contribution in [2.24, 2.45) is 0 Å². The minimum Gasteiger partial charge on any atom is -0.456 e. The van der Waals surface area contributed by atoms with Gasteiger partial charge in [-0.05, 0) is 51.7 Å². The van der Waals surface area contributed by atoms with Gasteiger partial charge in [-0.3, -0.25) is 0 Å². The van der Waals surface area contributed by atoms with Crippen molar-refractivity contribution in [3.63, 3.8) is 0 Å². The Bertz CT molecular complexity index is 2950. The van der Waals surface area contributed by atoms with Crippen LogP contribution in [0.15, 0.2) is 148 Å². The standard InChI is InChI=1S/C43H23N3O2/c1-2-10-25(11-3-1)41-44-42(31-17-8-20-34-37(31)28-14-4-5-19-33(28)47-34)46-43(45-41)32-18-9-21-35-38(32)30-23-22-27-26-15-6-12-24-13-7-16-29(36(24)26)39(27)40(30)48-35/h1-23H. The molecule has 5 nitrogen and oxygen atoms in total. The fourth-order valence-corrected chi connectivity index (χ4v) is 7.64. The zero-order chi connectivity index (χ0) is 31.3. The van der Waals surface area contributed by atoms with E-state index in [0.29, 0.717) is 17.5 Å². The number of rotatable bonds is 3. The van der Waals surface area contributed by atoms with Crippen LogP contribution >= 0.6 is 0 Å². The molecule has 0 bridgehead atoms. The second-order valence-corrected chi connectivity index (χ2v) is 12.3. The molecule has 1 aliphatic carbocycles. The molecule has 3 heterocycles. The summed E-state index contributed by atoms with van der Waals surface area (Å²) in [4.78, 5) is 15.4. The summed E-state index contributed by atoms with van der Waals surface area (Å²) in [6.07, 6.45) is 0. The van der Waals surface area contributed by atoms with Crippen LogP contribution < -0.4 is 0 Å². The Labute approximate surface area is 273 Å². The SMILES string of the molecule is c1ccc(-c2nc(-c3cccc4oc5ccccc5c34)nc(-c3cccc4oc5c6c(ccc5c34)-c3cccc4cccc-6c34)n2)cc1. The lowest BCUT2D eigenvalue weighted by Gasteiger charge is -2.10. The first-order valence-corrected chi connectivity index (χ1v) is 16.0. The maximum atomic E-state index is 6.76. The summed E-state index contributed by atoms with van der Waals surface area (Å²) in [6.45, 7) is 0. The third kappa shape index (κ3) is 3.47. The maximum Gasteiger partial charge on any atom is 0.164 e. The zero-order valence-corrected chi connectivity index (χ0v) is 25.4. The van der Waals surface area contributed by atoms with Crippen LogP contribution in [0.1, 0.15) is 0 Å². The second-order valence-electron chi connectivity index (χ2n) is 12.3. The van der Waals surface area contributed by atoms with E-state index in [1.54, 1.807) is 0 Å². The number of furan rings is 2. The van der Waals surface area contributed by atoms with E-state index in [0.717, 1.165) is 66.1 Å². The number of hydrogen-bond donors (Lipinski definition) is 0. The Morgan fingerprint density at radius 2 is 0.958 bits per heavy atom. The molecule has 0 amide bonds. The highest BCUT2D eigenvalue weighted by Crippen LogP contribution is 2.52. The van der Waals surface area contributed by atoms with Crippen molar-refractivity contribution in [2.45, 2.75) is 0 Å². The van der Waals surface area contributed by atoms with E-state index >= 15 is 0 Å². The number of para-hydroxylation sites is 1. The Morgan fingerprint density at radius 1 is 0.354 bits per heavy atom. The summed E-state index contributed by atoms with van der Waals surface area (Å²) in [6, 6.07) is 47.8. The molecule has 1 aliphatic rings. The lowest BCUT2D eigenvalue weighted by atomic mass is 9.99. The molecule has 0 radical (unpaired) electrons. The normalized spacial score (nSPS) is 12.2. The summed E-state index contributed by atoms with van der Waals surface area (Å²) >= 11 is 0. The van der Waals surface area contributed by atoms with Crippen molar-refractivity contribution < 1.29 is 8.83 Å². The third-order valence-electron chi connectivity index (χ3n) is 9.68. The van der Waals surface area contributed by atoms with Gasteiger partial charge in [-0.25, -0.2) is 15.0 Å². The molecule has 0 unspecified atom stereocenters. The highest BCUT2D eigenvalue weighted by atomic mass is 16.3. The molecule has 222 valence electrons. The van der Waals surface area contributed by atoms with Crippen LogP contribution in [0.25, 0.3) is 111 Å². The van der Waals surface area contributed by atoms with Gasteiger partial charge in [0.25, 0.3) is 0 Å². The topological polar surface area (TPSA) is 65.0 Å². The van der Waals surface area contributed by atoms with Gasteiger partial charge in [0.05, 0.1) is 0 Å². The van der Waals surface area contributed by atoms with Crippen LogP contribution in [0.5, 0.6) is 0 Å². The number of aromatic nitrogens is 3. The minimum atomic E-state index is 0.586. The van der Waals surface area contributed by atoms with Crippen LogP contribution in [0.3, 0.4) is 0 Å². The molecule has 0 N–H and O–H groups in total. The van der Waals surface area contributed by atoms with Gasteiger partial charge in [0.2, 0.25) is 0 Å². The Hall–Kier alpha value is -6.59. The molecule has 7 aromatic carbocycles. The predicted octanol–water partition coefficient (Wildman–Crippen LogP) is 11.5. The number of hydrogen-bond acceptors (Lipinski definition) is 5. The Balaban J connectivity index is 1.20. The molecule has 10 aromatic rings. The molecule has 0 saturated heterocycles. The number of fused-ring (bicyclic) bond motifs is 10. The molecule has 5 heteroatoms. The van der Waals surface area contributed by atoms with Gasteiger partial charge in [0.15, 0.2) is 17.5 Å². The quantitative estimate of drug-likeness (QED) is 0.198. The molecular weight excluding hydrogens is 590 g/mol. The summed E-state index contributed by atoms with van der Waals surface area (Å²) in [5.41, 5.74) is 10.8. The molecule has 0 atom stereocenters. The first-order chi connectivity index (χ1) is 23.8. The van der Waals surface area contributed by atoms with Crippen molar-refractivity contribution in [3.05, 3.63) is 140 Å². The number of benzene rings is 7. The molecule has 0 saturated carbocycles. The minimum absolute atomic E-state index is 0.586. The maximum absolute atomic E-state index is 6.76. The van der Waals surface area contributed by atoms with Crippen LogP contribution in [0, 0.1) is 0 Å². The van der Waals surface area contributed by atoms with Crippen molar-refractivity contribution in [1.82, 2.24) is 15.0 Å². The largest absolute Gasteiger partial charge is 0.456 e. The average Bonchev–Trinajstić information content (AvgIpc) is 3.82. The lowest BCUT2D eigenvalue weighted by Crippen LogP contribution is -2.00. The first-order valence-electron chi connectivity index (χ1n) is 16.0. The van der Waals surface area contributed by atoms with Crippen LogP contribution in [-0.4, -0.2) is 15.0 Å². The summed E-state index contributed by atoms with van der Waals surface area (Å²) in [5, 5.41) is 6.55. The lowest BCUT2D eigenvalue weighted by molar-refractivity contribution is 0.669. The predicted molar refractivity (Wildman–Crippen MR) is 193 cm³/mol. The van der Waals surface area contributed by atoms with E-state index in [-0.39, 0.29) is 0 Å². The van der Waals surface area contributed by atoms with E-state index in [1.807, 2.05) is 72.8 Å². The van der Waals surface area contributed by atoms with Gasteiger partial charge >= 0.3 is 0 Å². The Kier molecular flexibility index (Phi) is 5.05. The van der Waals surface area contributed by atoms with Crippen molar-refractivity contribution in [1.29, 1.82) is 0 Å². The monoisotopic (exact) mass is 613 g/mol. The van der Waals surface area contributed by atoms with Crippen molar-refractivity contribution in [2.75, 3.05) is 0 Å². The fraction of sp³-hybridized carbons (Fsp3) is 0. The molecule has 0 spiro atoms. The zero-order valence-electron chi connectivity index (χ0n) is 25.4. The van der Waals surface area contributed by atoms with E-state index in [4.69, 9.17) is 23.8 Å².